The molecule has 3 heterocycles. The highest BCUT2D eigenvalue weighted by Crippen LogP contribution is 2.17. The van der Waals surface area contributed by atoms with E-state index in [9.17, 15) is 9.59 Å². The molecule has 0 bridgehead atoms. The highest BCUT2D eigenvalue weighted by molar-refractivity contribution is 5.90. The van der Waals surface area contributed by atoms with Crippen LogP contribution < -0.4 is 15.9 Å². The molecular formula is C19H22N6O2. The Balaban J connectivity index is 1.53. The Labute approximate surface area is 156 Å². The predicted molar refractivity (Wildman–Crippen MR) is 103 cm³/mol. The van der Waals surface area contributed by atoms with Gasteiger partial charge in [-0.25, -0.2) is 13.9 Å². The van der Waals surface area contributed by atoms with Gasteiger partial charge in [0.25, 0.3) is 5.78 Å². The first-order chi connectivity index (χ1) is 13.1. The van der Waals surface area contributed by atoms with Crippen molar-refractivity contribution in [3.05, 3.63) is 52.6 Å². The number of carbonyl (C=O) groups excluding carboxylic acids is 1. The number of amides is 1. The van der Waals surface area contributed by atoms with E-state index in [-0.39, 0.29) is 18.1 Å². The summed E-state index contributed by atoms with van der Waals surface area (Å²) in [5.41, 5.74) is 1.48. The van der Waals surface area contributed by atoms with Gasteiger partial charge in [-0.2, -0.15) is 4.98 Å². The fourth-order valence-corrected chi connectivity index (χ4v) is 3.33. The zero-order valence-electron chi connectivity index (χ0n) is 15.3. The topological polar surface area (TPSA) is 84.5 Å². The Bertz CT molecular complexity index is 1030. The van der Waals surface area contributed by atoms with E-state index in [4.69, 9.17) is 0 Å². The molecule has 0 saturated carbocycles. The number of nitrogens with zero attached hydrogens (tertiary/aromatic N) is 5. The van der Waals surface area contributed by atoms with Crippen molar-refractivity contribution in [1.29, 1.82) is 0 Å². The fraction of sp³-hybridized carbons (Fsp3) is 0.368. The normalized spacial score (nSPS) is 14.0. The first-order valence-corrected chi connectivity index (χ1v) is 9.24. The third kappa shape index (κ3) is 3.55. The molecule has 3 aromatic rings. The number of aromatic nitrogens is 4. The van der Waals surface area contributed by atoms with E-state index in [0.717, 1.165) is 48.4 Å². The minimum atomic E-state index is -0.372. The van der Waals surface area contributed by atoms with Gasteiger partial charge in [0.2, 0.25) is 5.91 Å². The number of benzene rings is 1. The number of hydrogen-bond donors (Lipinski definition) is 1. The van der Waals surface area contributed by atoms with Crippen molar-refractivity contribution in [3.8, 4) is 0 Å². The van der Waals surface area contributed by atoms with Gasteiger partial charge in [-0.15, -0.1) is 5.10 Å². The highest BCUT2D eigenvalue weighted by atomic mass is 16.2. The summed E-state index contributed by atoms with van der Waals surface area (Å²) in [5.74, 6) is 0.830. The van der Waals surface area contributed by atoms with E-state index in [1.54, 1.807) is 6.20 Å². The van der Waals surface area contributed by atoms with Crippen LogP contribution in [0.2, 0.25) is 0 Å². The molecule has 0 spiro atoms. The van der Waals surface area contributed by atoms with E-state index < -0.39 is 0 Å². The molecule has 27 heavy (non-hydrogen) atoms. The number of anilines is 2. The van der Waals surface area contributed by atoms with Gasteiger partial charge in [-0.1, -0.05) is 19.1 Å². The second-order valence-corrected chi connectivity index (χ2v) is 6.69. The third-order valence-electron chi connectivity index (χ3n) is 4.78. The molecule has 1 amide bonds. The summed E-state index contributed by atoms with van der Waals surface area (Å²) in [7, 11) is 0. The van der Waals surface area contributed by atoms with E-state index in [0.29, 0.717) is 11.5 Å². The van der Waals surface area contributed by atoms with Crippen LogP contribution in [0, 0.1) is 0 Å². The number of nitrogens with one attached hydrogen (secondary N) is 1. The molecule has 1 aliphatic heterocycles. The van der Waals surface area contributed by atoms with Gasteiger partial charge in [-0.3, -0.25) is 4.79 Å². The predicted octanol–water partition coefficient (Wildman–Crippen LogP) is 1.69. The number of rotatable bonds is 5. The Kier molecular flexibility index (Phi) is 4.62. The molecule has 1 fully saturated rings. The summed E-state index contributed by atoms with van der Waals surface area (Å²) in [6, 6.07) is 9.48. The maximum atomic E-state index is 12.5. The zero-order valence-corrected chi connectivity index (χ0v) is 15.3. The molecule has 1 aliphatic rings. The summed E-state index contributed by atoms with van der Waals surface area (Å²) < 4.78 is 2.51. The molecular weight excluding hydrogens is 344 g/mol. The molecule has 4 rings (SSSR count). The van der Waals surface area contributed by atoms with Crippen LogP contribution in [0.15, 0.2) is 41.3 Å². The molecule has 2 aromatic heterocycles. The maximum Gasteiger partial charge on any atom is 0.352 e. The Morgan fingerprint density at radius 2 is 2.04 bits per heavy atom. The molecule has 8 heteroatoms. The molecule has 8 nitrogen and oxygen atoms in total. The highest BCUT2D eigenvalue weighted by Gasteiger charge is 2.17. The van der Waals surface area contributed by atoms with Crippen LogP contribution in [-0.2, 0) is 17.8 Å². The van der Waals surface area contributed by atoms with Crippen molar-refractivity contribution >= 4 is 23.2 Å². The van der Waals surface area contributed by atoms with Gasteiger partial charge < -0.3 is 10.2 Å². The molecule has 1 N–H and O–H groups in total. The van der Waals surface area contributed by atoms with Gasteiger partial charge in [0, 0.05) is 25.0 Å². The van der Waals surface area contributed by atoms with E-state index in [1.165, 1.54) is 4.40 Å². The quantitative estimate of drug-likeness (QED) is 0.743. The van der Waals surface area contributed by atoms with Gasteiger partial charge in [-0.05, 0) is 43.0 Å². The van der Waals surface area contributed by atoms with Crippen molar-refractivity contribution in [2.45, 2.75) is 32.7 Å². The minimum absolute atomic E-state index is 0.155. The first-order valence-electron chi connectivity index (χ1n) is 9.24. The zero-order chi connectivity index (χ0) is 18.8. The summed E-state index contributed by atoms with van der Waals surface area (Å²) in [6.45, 7) is 3.83. The number of fused-ring (bicyclic) bond motifs is 1. The van der Waals surface area contributed by atoms with Gasteiger partial charge in [0.15, 0.2) is 0 Å². The summed E-state index contributed by atoms with van der Waals surface area (Å²) >= 11 is 0. The Morgan fingerprint density at radius 3 is 2.81 bits per heavy atom. The smallest absolute Gasteiger partial charge is 0.352 e. The van der Waals surface area contributed by atoms with E-state index in [1.807, 2.05) is 30.3 Å². The lowest BCUT2D eigenvalue weighted by atomic mass is 10.1. The van der Waals surface area contributed by atoms with Crippen LogP contribution in [0.5, 0.6) is 0 Å². The van der Waals surface area contributed by atoms with E-state index in [2.05, 4.69) is 27.2 Å². The van der Waals surface area contributed by atoms with Gasteiger partial charge >= 0.3 is 5.69 Å². The minimum Gasteiger partial charge on any atom is -0.356 e. The van der Waals surface area contributed by atoms with Crippen LogP contribution in [0.1, 0.15) is 25.3 Å². The number of hydrogen-bond acceptors (Lipinski definition) is 5. The molecule has 0 aliphatic carbocycles. The van der Waals surface area contributed by atoms with Gasteiger partial charge in [0.1, 0.15) is 12.4 Å². The molecule has 0 atom stereocenters. The van der Waals surface area contributed by atoms with Crippen molar-refractivity contribution in [3.63, 3.8) is 0 Å². The third-order valence-corrected chi connectivity index (χ3v) is 4.78. The van der Waals surface area contributed by atoms with Crippen LogP contribution in [-0.4, -0.2) is 38.2 Å². The molecule has 1 saturated heterocycles. The average Bonchev–Trinajstić information content (AvgIpc) is 3.31. The second kappa shape index (κ2) is 7.22. The lowest BCUT2D eigenvalue weighted by molar-refractivity contribution is -0.117. The number of aryl methyl sites for hydroxylation is 1. The number of carbonyl (C=O) groups is 1. The molecule has 0 radical (unpaired) electrons. The molecule has 140 valence electrons. The van der Waals surface area contributed by atoms with E-state index >= 15 is 0 Å². The Morgan fingerprint density at radius 1 is 1.22 bits per heavy atom. The van der Waals surface area contributed by atoms with Crippen LogP contribution in [0.4, 0.5) is 11.5 Å². The summed E-state index contributed by atoms with van der Waals surface area (Å²) in [5, 5.41) is 7.04. The van der Waals surface area contributed by atoms with Crippen molar-refractivity contribution in [1.82, 2.24) is 19.2 Å². The van der Waals surface area contributed by atoms with Crippen molar-refractivity contribution in [2.75, 3.05) is 23.3 Å². The van der Waals surface area contributed by atoms with Crippen LogP contribution >= 0.6 is 0 Å². The lowest BCUT2D eigenvalue weighted by Crippen LogP contribution is -2.28. The average molecular weight is 366 g/mol. The fourth-order valence-electron chi connectivity index (χ4n) is 3.33. The standard InChI is InChI=1S/C19H22N6O2/c1-2-14-6-5-7-15(12-14)20-17(26)13-25-19(27)24-11-8-16(21-18(24)22-25)23-9-3-4-10-23/h5-8,11-12H,2-4,9-10,13H2,1H3,(H,20,26). The first kappa shape index (κ1) is 17.3. The van der Waals surface area contributed by atoms with Crippen LogP contribution in [0.3, 0.4) is 0 Å². The van der Waals surface area contributed by atoms with Crippen molar-refractivity contribution in [2.24, 2.45) is 0 Å². The van der Waals surface area contributed by atoms with Gasteiger partial charge in [0.05, 0.1) is 0 Å². The van der Waals surface area contributed by atoms with Crippen LogP contribution in [0.25, 0.3) is 5.78 Å². The summed E-state index contributed by atoms with van der Waals surface area (Å²) in [6.07, 6.45) is 4.85. The SMILES string of the molecule is CCc1cccc(NC(=O)Cn2nc3nc(N4CCCC4)ccn3c2=O)c1. The maximum absolute atomic E-state index is 12.5. The molecule has 1 aromatic carbocycles. The second-order valence-electron chi connectivity index (χ2n) is 6.69. The lowest BCUT2D eigenvalue weighted by Gasteiger charge is -2.15. The monoisotopic (exact) mass is 366 g/mol. The summed E-state index contributed by atoms with van der Waals surface area (Å²) in [4.78, 5) is 31.5. The largest absolute Gasteiger partial charge is 0.356 e. The molecule has 0 unspecified atom stereocenters. The Hall–Kier alpha value is -3.16. The van der Waals surface area contributed by atoms with Crippen molar-refractivity contribution < 1.29 is 4.79 Å².